The van der Waals surface area contributed by atoms with Crippen LogP contribution in [0.25, 0.3) is 0 Å². The maximum atomic E-state index is 12.5. The molecule has 0 aliphatic heterocycles. The van der Waals surface area contributed by atoms with E-state index in [9.17, 15) is 4.79 Å². The predicted molar refractivity (Wildman–Crippen MR) is 84.2 cm³/mol. The van der Waals surface area contributed by atoms with Crippen molar-refractivity contribution in [2.75, 3.05) is 6.61 Å². The number of aliphatic hydroxyl groups is 1. The van der Waals surface area contributed by atoms with Gasteiger partial charge in [-0.2, -0.15) is 5.10 Å². The molecule has 0 spiro atoms. The summed E-state index contributed by atoms with van der Waals surface area (Å²) >= 11 is 0. The summed E-state index contributed by atoms with van der Waals surface area (Å²) in [7, 11) is 0. The lowest BCUT2D eigenvalue weighted by Gasteiger charge is -2.21. The molecule has 1 unspecified atom stereocenters. The summed E-state index contributed by atoms with van der Waals surface area (Å²) in [6, 6.07) is -0.0133. The van der Waals surface area contributed by atoms with Crippen LogP contribution in [0.5, 0.6) is 0 Å². The minimum Gasteiger partial charge on any atom is -0.396 e. The molecule has 1 aromatic rings. The number of aliphatic hydroxyl groups excluding tert-OH is 1. The molecule has 0 radical (unpaired) electrons. The van der Waals surface area contributed by atoms with Crippen LogP contribution in [0.2, 0.25) is 0 Å². The Morgan fingerprint density at radius 2 is 2.05 bits per heavy atom. The van der Waals surface area contributed by atoms with Crippen LogP contribution in [0.15, 0.2) is 6.20 Å². The standard InChI is InChI=1S/C16H29N3O2/c1-6-15-13(9-17-19(15)10-11(2)3)16(21)18-14(7-8-20)12(4)5/h9,11-12,14,20H,6-8,10H2,1-5H3,(H,18,21). The Kier molecular flexibility index (Phi) is 6.89. The van der Waals surface area contributed by atoms with Crippen molar-refractivity contribution in [1.82, 2.24) is 15.1 Å². The summed E-state index contributed by atoms with van der Waals surface area (Å²) in [5, 5.41) is 16.5. The molecule has 0 aromatic carbocycles. The Morgan fingerprint density at radius 3 is 2.52 bits per heavy atom. The van der Waals surface area contributed by atoms with Crippen molar-refractivity contribution in [2.45, 2.75) is 60.0 Å². The molecule has 1 aromatic heterocycles. The zero-order valence-electron chi connectivity index (χ0n) is 13.9. The number of nitrogens with one attached hydrogen (secondary N) is 1. The maximum absolute atomic E-state index is 12.5. The highest BCUT2D eigenvalue weighted by molar-refractivity contribution is 5.95. The van der Waals surface area contributed by atoms with Crippen molar-refractivity contribution in [3.8, 4) is 0 Å². The molecule has 0 aliphatic rings. The van der Waals surface area contributed by atoms with E-state index in [0.29, 0.717) is 17.9 Å². The number of carbonyl (C=O) groups is 1. The van der Waals surface area contributed by atoms with E-state index in [1.807, 2.05) is 25.5 Å². The Balaban J connectivity index is 2.89. The van der Waals surface area contributed by atoms with E-state index in [2.05, 4.69) is 24.3 Å². The van der Waals surface area contributed by atoms with Crippen LogP contribution in [-0.2, 0) is 13.0 Å². The number of nitrogens with zero attached hydrogens (tertiary/aromatic N) is 2. The third kappa shape index (κ3) is 4.84. The average molecular weight is 295 g/mol. The maximum Gasteiger partial charge on any atom is 0.254 e. The van der Waals surface area contributed by atoms with Gasteiger partial charge in [0.25, 0.3) is 5.91 Å². The molecule has 1 rings (SSSR count). The molecule has 21 heavy (non-hydrogen) atoms. The molecule has 0 aliphatic carbocycles. The zero-order chi connectivity index (χ0) is 16.0. The van der Waals surface area contributed by atoms with Gasteiger partial charge in [-0.05, 0) is 24.7 Å². The van der Waals surface area contributed by atoms with Crippen LogP contribution in [0, 0.1) is 11.8 Å². The average Bonchev–Trinajstić information content (AvgIpc) is 2.79. The van der Waals surface area contributed by atoms with Gasteiger partial charge in [0, 0.05) is 19.2 Å². The fraction of sp³-hybridized carbons (Fsp3) is 0.750. The van der Waals surface area contributed by atoms with E-state index < -0.39 is 0 Å². The summed E-state index contributed by atoms with van der Waals surface area (Å²) in [5.74, 6) is 0.690. The van der Waals surface area contributed by atoms with Gasteiger partial charge < -0.3 is 10.4 Å². The highest BCUT2D eigenvalue weighted by Gasteiger charge is 2.21. The first-order chi connectivity index (χ1) is 9.90. The molecular weight excluding hydrogens is 266 g/mol. The first-order valence-corrected chi connectivity index (χ1v) is 7.87. The first kappa shape index (κ1) is 17.7. The zero-order valence-corrected chi connectivity index (χ0v) is 13.9. The van der Waals surface area contributed by atoms with E-state index in [0.717, 1.165) is 18.7 Å². The van der Waals surface area contributed by atoms with Crippen LogP contribution >= 0.6 is 0 Å². The van der Waals surface area contributed by atoms with Gasteiger partial charge >= 0.3 is 0 Å². The van der Waals surface area contributed by atoms with Gasteiger partial charge in [-0.3, -0.25) is 9.48 Å². The molecule has 2 N–H and O–H groups in total. The van der Waals surface area contributed by atoms with Crippen molar-refractivity contribution >= 4 is 5.91 Å². The fourth-order valence-corrected chi connectivity index (χ4v) is 2.43. The van der Waals surface area contributed by atoms with E-state index in [-0.39, 0.29) is 24.5 Å². The normalized spacial score (nSPS) is 13.0. The molecular formula is C16H29N3O2. The quantitative estimate of drug-likeness (QED) is 0.773. The van der Waals surface area contributed by atoms with Gasteiger partial charge in [-0.1, -0.05) is 34.6 Å². The molecule has 0 saturated heterocycles. The number of rotatable bonds is 8. The molecule has 120 valence electrons. The van der Waals surface area contributed by atoms with Gasteiger partial charge in [-0.15, -0.1) is 0 Å². The number of hydrogen-bond acceptors (Lipinski definition) is 3. The van der Waals surface area contributed by atoms with Crippen molar-refractivity contribution in [2.24, 2.45) is 11.8 Å². The Labute approximate surface area is 127 Å². The minimum absolute atomic E-state index is 0.0133. The molecule has 1 heterocycles. The highest BCUT2D eigenvalue weighted by Crippen LogP contribution is 2.14. The number of aromatic nitrogens is 2. The Morgan fingerprint density at radius 1 is 1.38 bits per heavy atom. The second-order valence-electron chi connectivity index (χ2n) is 6.27. The number of amides is 1. The van der Waals surface area contributed by atoms with Crippen LogP contribution < -0.4 is 5.32 Å². The van der Waals surface area contributed by atoms with E-state index in [1.54, 1.807) is 6.20 Å². The van der Waals surface area contributed by atoms with Crippen LogP contribution in [0.3, 0.4) is 0 Å². The first-order valence-electron chi connectivity index (χ1n) is 7.87. The third-order valence-electron chi connectivity index (χ3n) is 3.63. The molecule has 5 nitrogen and oxygen atoms in total. The molecule has 0 saturated carbocycles. The molecule has 5 heteroatoms. The van der Waals surface area contributed by atoms with E-state index in [4.69, 9.17) is 5.11 Å². The summed E-state index contributed by atoms with van der Waals surface area (Å²) < 4.78 is 1.93. The van der Waals surface area contributed by atoms with Crippen LogP contribution in [0.4, 0.5) is 0 Å². The lowest BCUT2D eigenvalue weighted by molar-refractivity contribution is 0.0915. The molecule has 0 fully saturated rings. The van der Waals surface area contributed by atoms with Gasteiger partial charge in [-0.25, -0.2) is 0 Å². The second-order valence-corrected chi connectivity index (χ2v) is 6.27. The SMILES string of the molecule is CCc1c(C(=O)NC(CCO)C(C)C)cnn1CC(C)C. The lowest BCUT2D eigenvalue weighted by Crippen LogP contribution is -2.39. The second kappa shape index (κ2) is 8.17. The van der Waals surface area contributed by atoms with Gasteiger partial charge in [0.05, 0.1) is 17.5 Å². The summed E-state index contributed by atoms with van der Waals surface area (Å²) in [4.78, 5) is 12.5. The van der Waals surface area contributed by atoms with Crippen molar-refractivity contribution in [3.63, 3.8) is 0 Å². The number of carbonyl (C=O) groups excluding carboxylic acids is 1. The van der Waals surface area contributed by atoms with E-state index >= 15 is 0 Å². The number of hydrogen-bond donors (Lipinski definition) is 2. The van der Waals surface area contributed by atoms with Crippen LogP contribution in [-0.4, -0.2) is 33.4 Å². The monoisotopic (exact) mass is 295 g/mol. The van der Waals surface area contributed by atoms with Crippen LogP contribution in [0.1, 0.15) is 57.1 Å². The lowest BCUT2D eigenvalue weighted by atomic mass is 10.0. The molecule has 1 amide bonds. The Hall–Kier alpha value is -1.36. The van der Waals surface area contributed by atoms with Gasteiger partial charge in [0.1, 0.15) is 0 Å². The fourth-order valence-electron chi connectivity index (χ4n) is 2.43. The molecule has 0 bridgehead atoms. The van der Waals surface area contributed by atoms with Gasteiger partial charge in [0.15, 0.2) is 0 Å². The Bertz CT molecular complexity index is 452. The van der Waals surface area contributed by atoms with Crippen molar-refractivity contribution in [1.29, 1.82) is 0 Å². The minimum atomic E-state index is -0.0889. The summed E-state index contributed by atoms with van der Waals surface area (Å²) in [6.45, 7) is 11.3. The van der Waals surface area contributed by atoms with Gasteiger partial charge in [0.2, 0.25) is 0 Å². The topological polar surface area (TPSA) is 67.2 Å². The largest absolute Gasteiger partial charge is 0.396 e. The predicted octanol–water partition coefficient (Wildman–Crippen LogP) is 2.24. The summed E-state index contributed by atoms with van der Waals surface area (Å²) in [6.07, 6.45) is 3.01. The summed E-state index contributed by atoms with van der Waals surface area (Å²) in [5.41, 5.74) is 1.63. The third-order valence-corrected chi connectivity index (χ3v) is 3.63. The molecule has 1 atom stereocenters. The highest BCUT2D eigenvalue weighted by atomic mass is 16.3. The van der Waals surface area contributed by atoms with E-state index in [1.165, 1.54) is 0 Å². The van der Waals surface area contributed by atoms with Crippen molar-refractivity contribution in [3.05, 3.63) is 17.5 Å². The van der Waals surface area contributed by atoms with Crippen molar-refractivity contribution < 1.29 is 9.90 Å². The smallest absolute Gasteiger partial charge is 0.254 e.